The Morgan fingerprint density at radius 2 is 2.17 bits per heavy atom. The molecule has 0 aliphatic carbocycles. The van der Waals surface area contributed by atoms with Gasteiger partial charge in [0.1, 0.15) is 6.54 Å². The molecule has 104 valence electrons. The van der Waals surface area contributed by atoms with Crippen molar-refractivity contribution in [3.63, 3.8) is 0 Å². The van der Waals surface area contributed by atoms with Crippen LogP contribution in [-0.4, -0.2) is 55.7 Å². The SMILES string of the molecule is O=C(CN1CC2CCCNC2C1)NCC(F)(F)F. The highest BCUT2D eigenvalue weighted by Crippen LogP contribution is 2.24. The Morgan fingerprint density at radius 3 is 2.83 bits per heavy atom. The zero-order valence-electron chi connectivity index (χ0n) is 10.1. The molecule has 0 aromatic heterocycles. The van der Waals surface area contributed by atoms with Crippen LogP contribution in [0.1, 0.15) is 12.8 Å². The topological polar surface area (TPSA) is 44.4 Å². The van der Waals surface area contributed by atoms with Crippen LogP contribution in [-0.2, 0) is 4.79 Å². The van der Waals surface area contributed by atoms with Crippen molar-refractivity contribution in [1.82, 2.24) is 15.5 Å². The Bertz CT molecular complexity index is 294. The Morgan fingerprint density at radius 1 is 1.39 bits per heavy atom. The maximum Gasteiger partial charge on any atom is 0.405 e. The van der Waals surface area contributed by atoms with Crippen molar-refractivity contribution in [2.75, 3.05) is 32.7 Å². The number of fused-ring (bicyclic) bond motifs is 1. The van der Waals surface area contributed by atoms with Gasteiger partial charge < -0.3 is 10.6 Å². The molecule has 7 heteroatoms. The minimum Gasteiger partial charge on any atom is -0.346 e. The van der Waals surface area contributed by atoms with Gasteiger partial charge in [0.25, 0.3) is 0 Å². The summed E-state index contributed by atoms with van der Waals surface area (Å²) in [6, 6.07) is 0.397. The molecule has 0 spiro atoms. The summed E-state index contributed by atoms with van der Waals surface area (Å²) < 4.78 is 35.8. The number of amides is 1. The Balaban J connectivity index is 1.72. The highest BCUT2D eigenvalue weighted by atomic mass is 19.4. The molecule has 2 heterocycles. The predicted molar refractivity (Wildman–Crippen MR) is 60.0 cm³/mol. The average molecular weight is 265 g/mol. The third-order valence-corrected chi connectivity index (χ3v) is 3.53. The smallest absolute Gasteiger partial charge is 0.346 e. The second kappa shape index (κ2) is 5.44. The van der Waals surface area contributed by atoms with E-state index in [-0.39, 0.29) is 6.54 Å². The van der Waals surface area contributed by atoms with Gasteiger partial charge in [-0.05, 0) is 25.3 Å². The van der Waals surface area contributed by atoms with Gasteiger partial charge in [-0.3, -0.25) is 9.69 Å². The summed E-state index contributed by atoms with van der Waals surface area (Å²) in [6.45, 7) is 1.37. The van der Waals surface area contributed by atoms with Crippen LogP contribution in [0.2, 0.25) is 0 Å². The van der Waals surface area contributed by atoms with Crippen LogP contribution in [0.5, 0.6) is 0 Å². The monoisotopic (exact) mass is 265 g/mol. The fourth-order valence-electron chi connectivity index (χ4n) is 2.72. The normalized spacial score (nSPS) is 29.1. The van der Waals surface area contributed by atoms with E-state index in [2.05, 4.69) is 5.32 Å². The number of alkyl halides is 3. The van der Waals surface area contributed by atoms with Crippen molar-refractivity contribution in [2.45, 2.75) is 25.1 Å². The van der Waals surface area contributed by atoms with Crippen LogP contribution in [0, 0.1) is 5.92 Å². The fourth-order valence-corrected chi connectivity index (χ4v) is 2.72. The lowest BCUT2D eigenvalue weighted by Crippen LogP contribution is -2.42. The summed E-state index contributed by atoms with van der Waals surface area (Å²) in [5.74, 6) is -0.0138. The van der Waals surface area contributed by atoms with Gasteiger partial charge >= 0.3 is 6.18 Å². The van der Waals surface area contributed by atoms with E-state index in [9.17, 15) is 18.0 Å². The summed E-state index contributed by atoms with van der Waals surface area (Å²) >= 11 is 0. The van der Waals surface area contributed by atoms with Crippen LogP contribution < -0.4 is 10.6 Å². The van der Waals surface area contributed by atoms with Gasteiger partial charge in [-0.15, -0.1) is 0 Å². The van der Waals surface area contributed by atoms with Gasteiger partial charge in [0, 0.05) is 19.1 Å². The molecule has 0 bridgehead atoms. The quantitative estimate of drug-likeness (QED) is 0.774. The average Bonchev–Trinajstić information content (AvgIpc) is 2.67. The van der Waals surface area contributed by atoms with E-state index in [1.54, 1.807) is 0 Å². The van der Waals surface area contributed by atoms with Gasteiger partial charge in [-0.2, -0.15) is 13.2 Å². The molecular formula is C11H18F3N3O. The minimum atomic E-state index is -4.34. The van der Waals surface area contributed by atoms with Crippen LogP contribution in [0.4, 0.5) is 13.2 Å². The van der Waals surface area contributed by atoms with Crippen LogP contribution >= 0.6 is 0 Å². The number of halogens is 3. The van der Waals surface area contributed by atoms with E-state index in [0.29, 0.717) is 12.0 Å². The molecule has 2 N–H and O–H groups in total. The first-order chi connectivity index (χ1) is 8.44. The number of carbonyl (C=O) groups excluding carboxylic acids is 1. The Hall–Kier alpha value is -0.820. The van der Waals surface area contributed by atoms with E-state index in [1.165, 1.54) is 0 Å². The third kappa shape index (κ3) is 3.84. The van der Waals surface area contributed by atoms with E-state index < -0.39 is 18.6 Å². The van der Waals surface area contributed by atoms with E-state index in [0.717, 1.165) is 32.5 Å². The number of nitrogens with one attached hydrogen (secondary N) is 2. The maximum atomic E-state index is 11.9. The van der Waals surface area contributed by atoms with E-state index in [4.69, 9.17) is 0 Å². The van der Waals surface area contributed by atoms with Crippen molar-refractivity contribution >= 4 is 5.91 Å². The van der Waals surface area contributed by atoms with Gasteiger partial charge in [-0.1, -0.05) is 0 Å². The Labute approximate surface area is 104 Å². The molecule has 2 unspecified atom stereocenters. The molecular weight excluding hydrogens is 247 g/mol. The molecule has 1 amide bonds. The molecule has 0 radical (unpaired) electrons. The number of nitrogens with zero attached hydrogens (tertiary/aromatic N) is 1. The first-order valence-corrected chi connectivity index (χ1v) is 6.23. The maximum absolute atomic E-state index is 11.9. The second-order valence-corrected chi connectivity index (χ2v) is 5.05. The van der Waals surface area contributed by atoms with E-state index >= 15 is 0 Å². The summed E-state index contributed by atoms with van der Waals surface area (Å²) in [5.41, 5.74) is 0. The molecule has 0 aromatic rings. The van der Waals surface area contributed by atoms with Gasteiger partial charge in [0.15, 0.2) is 0 Å². The number of carbonyl (C=O) groups is 1. The Kier molecular flexibility index (Phi) is 4.11. The molecule has 4 nitrogen and oxygen atoms in total. The predicted octanol–water partition coefficient (Wildman–Crippen LogP) is 0.349. The molecule has 2 saturated heterocycles. The number of hydrogen-bond donors (Lipinski definition) is 2. The molecule has 2 aliphatic heterocycles. The molecule has 2 rings (SSSR count). The van der Waals surface area contributed by atoms with Gasteiger partial charge in [0.2, 0.25) is 5.91 Å². The third-order valence-electron chi connectivity index (χ3n) is 3.53. The molecule has 18 heavy (non-hydrogen) atoms. The fraction of sp³-hybridized carbons (Fsp3) is 0.909. The molecule has 2 aliphatic rings. The van der Waals surface area contributed by atoms with E-state index in [1.807, 2.05) is 10.2 Å². The van der Waals surface area contributed by atoms with Crippen LogP contribution in [0.3, 0.4) is 0 Å². The van der Waals surface area contributed by atoms with Crippen molar-refractivity contribution in [3.05, 3.63) is 0 Å². The number of rotatable bonds is 3. The zero-order chi connectivity index (χ0) is 13.2. The molecule has 2 atom stereocenters. The second-order valence-electron chi connectivity index (χ2n) is 5.05. The van der Waals surface area contributed by atoms with Gasteiger partial charge in [0.05, 0.1) is 6.54 Å². The summed E-state index contributed by atoms with van der Waals surface area (Å²) in [7, 11) is 0. The number of piperidine rings is 1. The number of likely N-dealkylation sites (tertiary alicyclic amines) is 1. The summed E-state index contributed by atoms with van der Waals surface area (Å²) in [4.78, 5) is 13.3. The van der Waals surface area contributed by atoms with Crippen molar-refractivity contribution in [1.29, 1.82) is 0 Å². The van der Waals surface area contributed by atoms with Crippen LogP contribution in [0.25, 0.3) is 0 Å². The first-order valence-electron chi connectivity index (χ1n) is 6.23. The van der Waals surface area contributed by atoms with Gasteiger partial charge in [-0.25, -0.2) is 0 Å². The standard InChI is InChI=1S/C11H18F3N3O/c12-11(13,14)7-16-10(18)6-17-4-8-2-1-3-15-9(8)5-17/h8-9,15H,1-7H2,(H,16,18). The van der Waals surface area contributed by atoms with Crippen molar-refractivity contribution in [3.8, 4) is 0 Å². The van der Waals surface area contributed by atoms with Crippen molar-refractivity contribution < 1.29 is 18.0 Å². The summed E-state index contributed by atoms with van der Waals surface area (Å²) in [5, 5.41) is 5.29. The largest absolute Gasteiger partial charge is 0.405 e. The van der Waals surface area contributed by atoms with Crippen molar-refractivity contribution in [2.24, 2.45) is 5.92 Å². The molecule has 0 saturated carbocycles. The highest BCUT2D eigenvalue weighted by molar-refractivity contribution is 5.78. The number of hydrogen-bond acceptors (Lipinski definition) is 3. The lowest BCUT2D eigenvalue weighted by Gasteiger charge is -2.24. The highest BCUT2D eigenvalue weighted by Gasteiger charge is 2.35. The molecule has 2 fully saturated rings. The zero-order valence-corrected chi connectivity index (χ0v) is 10.1. The summed E-state index contributed by atoms with van der Waals surface area (Å²) in [6.07, 6.45) is -2.07. The lowest BCUT2D eigenvalue weighted by molar-refractivity contribution is -0.138. The van der Waals surface area contributed by atoms with Crippen LogP contribution in [0.15, 0.2) is 0 Å². The minimum absolute atomic E-state index is 0.0603. The lowest BCUT2D eigenvalue weighted by atomic mass is 9.94. The molecule has 0 aromatic carbocycles. The first kappa shape index (κ1) is 13.6.